The molecule has 8 heteroatoms. The van der Waals surface area contributed by atoms with Crippen LogP contribution in [0, 0.1) is 0 Å². The fraction of sp³-hybridized carbons (Fsp3) is 0.423. The van der Waals surface area contributed by atoms with E-state index >= 15 is 0 Å². The van der Waals surface area contributed by atoms with Crippen LogP contribution >= 0.6 is 11.8 Å². The van der Waals surface area contributed by atoms with Gasteiger partial charge in [-0.2, -0.15) is 0 Å². The van der Waals surface area contributed by atoms with Crippen molar-refractivity contribution < 1.29 is 19.1 Å². The number of piperidine rings is 1. The van der Waals surface area contributed by atoms with Crippen LogP contribution < -0.4 is 5.32 Å². The number of hydrogen-bond donors (Lipinski definition) is 1. The molecule has 2 heterocycles. The highest BCUT2D eigenvalue weighted by Crippen LogP contribution is 2.33. The van der Waals surface area contributed by atoms with E-state index in [0.717, 1.165) is 5.56 Å². The standard InChI is InChI=1S/C26H31N3O4S/c1-18(2)34-17-24(30)27-21-10-8-20(9-11-21)25(31)28-14-12-22(13-15-28)29-23(16-33-26(29)32)19-6-4-3-5-7-19/h3-11,18,22-23H,12-17H2,1-2H3,(H,27,30). The van der Waals surface area contributed by atoms with Gasteiger partial charge in [0.15, 0.2) is 0 Å². The number of benzene rings is 2. The molecule has 0 saturated carbocycles. The van der Waals surface area contributed by atoms with Crippen LogP contribution in [0.25, 0.3) is 0 Å². The van der Waals surface area contributed by atoms with E-state index in [1.54, 1.807) is 36.0 Å². The van der Waals surface area contributed by atoms with Crippen LogP contribution in [0.1, 0.15) is 48.7 Å². The molecule has 4 rings (SSSR count). The van der Waals surface area contributed by atoms with Gasteiger partial charge in [-0.3, -0.25) is 14.5 Å². The van der Waals surface area contributed by atoms with E-state index in [9.17, 15) is 14.4 Å². The minimum absolute atomic E-state index is 0.0321. The highest BCUT2D eigenvalue weighted by molar-refractivity contribution is 8.00. The summed E-state index contributed by atoms with van der Waals surface area (Å²) in [7, 11) is 0. The van der Waals surface area contributed by atoms with Gasteiger partial charge in [0.05, 0.1) is 11.8 Å². The second-order valence-corrected chi connectivity index (χ2v) is 10.5. The van der Waals surface area contributed by atoms with Crippen molar-refractivity contribution in [1.82, 2.24) is 9.80 Å². The predicted molar refractivity (Wildman–Crippen MR) is 134 cm³/mol. The fourth-order valence-electron chi connectivity index (χ4n) is 4.43. The Morgan fingerprint density at radius 3 is 2.38 bits per heavy atom. The minimum Gasteiger partial charge on any atom is -0.447 e. The smallest absolute Gasteiger partial charge is 0.410 e. The second-order valence-electron chi connectivity index (χ2n) is 8.92. The second kappa shape index (κ2) is 11.0. The van der Waals surface area contributed by atoms with E-state index in [4.69, 9.17) is 4.74 Å². The van der Waals surface area contributed by atoms with Crippen LogP contribution in [0.2, 0.25) is 0 Å². The molecule has 180 valence electrons. The molecular weight excluding hydrogens is 450 g/mol. The number of nitrogens with one attached hydrogen (secondary N) is 1. The largest absolute Gasteiger partial charge is 0.447 e. The Morgan fingerprint density at radius 2 is 1.74 bits per heavy atom. The van der Waals surface area contributed by atoms with Gasteiger partial charge >= 0.3 is 6.09 Å². The molecule has 1 unspecified atom stereocenters. The summed E-state index contributed by atoms with van der Waals surface area (Å²) in [6.45, 7) is 5.64. The SMILES string of the molecule is CC(C)SCC(=O)Nc1ccc(C(=O)N2CCC(N3C(=O)OCC3c3ccccc3)CC2)cc1. The van der Waals surface area contributed by atoms with Crippen molar-refractivity contribution in [2.24, 2.45) is 0 Å². The third-order valence-corrected chi connectivity index (χ3v) is 7.30. The van der Waals surface area contributed by atoms with Crippen LogP contribution in [0.4, 0.5) is 10.5 Å². The van der Waals surface area contributed by atoms with Crippen LogP contribution in [-0.2, 0) is 9.53 Å². The maximum Gasteiger partial charge on any atom is 0.410 e. The molecule has 2 fully saturated rings. The van der Waals surface area contributed by atoms with Crippen molar-refractivity contribution in [3.63, 3.8) is 0 Å². The van der Waals surface area contributed by atoms with Gasteiger partial charge in [0.25, 0.3) is 5.91 Å². The summed E-state index contributed by atoms with van der Waals surface area (Å²) < 4.78 is 5.37. The molecule has 2 saturated heterocycles. The molecule has 7 nitrogen and oxygen atoms in total. The summed E-state index contributed by atoms with van der Waals surface area (Å²) in [6.07, 6.45) is 1.15. The summed E-state index contributed by atoms with van der Waals surface area (Å²) in [4.78, 5) is 41.2. The number of carbonyl (C=O) groups is 3. The van der Waals surface area contributed by atoms with Crippen molar-refractivity contribution in [3.05, 3.63) is 65.7 Å². The lowest BCUT2D eigenvalue weighted by Crippen LogP contribution is -2.47. The highest BCUT2D eigenvalue weighted by Gasteiger charge is 2.40. The number of hydrogen-bond acceptors (Lipinski definition) is 5. The summed E-state index contributed by atoms with van der Waals surface area (Å²) in [5.74, 6) is 0.326. The first-order valence-electron chi connectivity index (χ1n) is 11.7. The van der Waals surface area contributed by atoms with E-state index in [1.807, 2.05) is 40.1 Å². The summed E-state index contributed by atoms with van der Waals surface area (Å²) in [5.41, 5.74) is 2.35. The van der Waals surface area contributed by atoms with Gasteiger partial charge in [-0.25, -0.2) is 4.79 Å². The van der Waals surface area contributed by atoms with Crippen LogP contribution in [0.15, 0.2) is 54.6 Å². The monoisotopic (exact) mass is 481 g/mol. The highest BCUT2D eigenvalue weighted by atomic mass is 32.2. The molecule has 2 aromatic carbocycles. The number of carbonyl (C=O) groups excluding carboxylic acids is 3. The van der Waals surface area contributed by atoms with Crippen LogP contribution in [-0.4, -0.2) is 64.4 Å². The van der Waals surface area contributed by atoms with Gasteiger partial charge < -0.3 is 15.0 Å². The third-order valence-electron chi connectivity index (χ3n) is 6.20. The fourth-order valence-corrected chi connectivity index (χ4v) is 4.99. The lowest BCUT2D eigenvalue weighted by Gasteiger charge is -2.38. The normalized spacial score (nSPS) is 18.8. The third kappa shape index (κ3) is 5.73. The number of amides is 3. The number of cyclic esters (lactones) is 1. The molecule has 0 aromatic heterocycles. The van der Waals surface area contributed by atoms with E-state index in [2.05, 4.69) is 19.2 Å². The Balaban J connectivity index is 1.32. The molecule has 2 aromatic rings. The molecule has 2 aliphatic rings. The molecule has 1 N–H and O–H groups in total. The Bertz CT molecular complexity index is 1000. The lowest BCUT2D eigenvalue weighted by molar-refractivity contribution is -0.113. The van der Waals surface area contributed by atoms with Gasteiger partial charge in [0.2, 0.25) is 5.91 Å². The zero-order valence-electron chi connectivity index (χ0n) is 19.6. The molecule has 1 atom stereocenters. The molecule has 2 aliphatic heterocycles. The van der Waals surface area contributed by atoms with Gasteiger partial charge in [0.1, 0.15) is 6.61 Å². The molecular formula is C26H31N3O4S. The van der Waals surface area contributed by atoms with Crippen molar-refractivity contribution in [2.75, 3.05) is 30.8 Å². The molecule has 0 spiro atoms. The summed E-state index contributed by atoms with van der Waals surface area (Å²) in [6, 6.07) is 16.9. The van der Waals surface area contributed by atoms with E-state index < -0.39 is 0 Å². The topological polar surface area (TPSA) is 79.0 Å². The molecule has 0 radical (unpaired) electrons. The summed E-state index contributed by atoms with van der Waals surface area (Å²) >= 11 is 1.59. The van der Waals surface area contributed by atoms with Gasteiger partial charge in [-0.1, -0.05) is 44.2 Å². The quantitative estimate of drug-likeness (QED) is 0.627. The molecule has 0 bridgehead atoms. The van der Waals surface area contributed by atoms with Crippen molar-refractivity contribution in [3.8, 4) is 0 Å². The van der Waals surface area contributed by atoms with Gasteiger partial charge in [-0.15, -0.1) is 11.8 Å². The number of ether oxygens (including phenoxy) is 1. The molecule has 0 aliphatic carbocycles. The average molecular weight is 482 g/mol. The van der Waals surface area contributed by atoms with Crippen molar-refractivity contribution in [1.29, 1.82) is 0 Å². The Hall–Kier alpha value is -3.00. The number of anilines is 1. The maximum absolute atomic E-state index is 13.0. The van der Waals surface area contributed by atoms with E-state index in [0.29, 0.717) is 54.8 Å². The first-order chi connectivity index (χ1) is 16.4. The Kier molecular flexibility index (Phi) is 7.77. The average Bonchev–Trinajstić information content (AvgIpc) is 3.25. The number of likely N-dealkylation sites (tertiary alicyclic amines) is 1. The van der Waals surface area contributed by atoms with Crippen LogP contribution in [0.3, 0.4) is 0 Å². The first-order valence-corrected chi connectivity index (χ1v) is 12.8. The molecule has 34 heavy (non-hydrogen) atoms. The zero-order chi connectivity index (χ0) is 24.1. The molecule has 3 amide bonds. The predicted octanol–water partition coefficient (Wildman–Crippen LogP) is 4.56. The van der Waals surface area contributed by atoms with Gasteiger partial charge in [0, 0.05) is 30.4 Å². The van der Waals surface area contributed by atoms with E-state index in [1.165, 1.54) is 0 Å². The Labute approximate surface area is 204 Å². The maximum atomic E-state index is 13.0. The number of thioether (sulfide) groups is 1. The Morgan fingerprint density at radius 1 is 1.06 bits per heavy atom. The first kappa shape index (κ1) is 24.1. The summed E-state index contributed by atoms with van der Waals surface area (Å²) in [5, 5.41) is 3.27. The number of nitrogens with zero attached hydrogens (tertiary/aromatic N) is 2. The van der Waals surface area contributed by atoms with Gasteiger partial charge in [-0.05, 0) is 47.9 Å². The number of rotatable bonds is 7. The van der Waals surface area contributed by atoms with Crippen LogP contribution in [0.5, 0.6) is 0 Å². The zero-order valence-corrected chi connectivity index (χ0v) is 20.4. The van der Waals surface area contributed by atoms with Crippen molar-refractivity contribution >= 4 is 35.4 Å². The van der Waals surface area contributed by atoms with Crippen molar-refractivity contribution in [2.45, 2.75) is 44.0 Å². The van der Waals surface area contributed by atoms with E-state index in [-0.39, 0.29) is 30.0 Å². The lowest BCUT2D eigenvalue weighted by atomic mass is 9.98. The minimum atomic E-state index is -0.275.